The topological polar surface area (TPSA) is 46.5 Å². The average molecular weight is 245 g/mol. The van der Waals surface area contributed by atoms with Gasteiger partial charge in [0, 0.05) is 0 Å². The van der Waals surface area contributed by atoms with E-state index >= 15 is 0 Å². The third-order valence-corrected chi connectivity index (χ3v) is 2.55. The summed E-state index contributed by atoms with van der Waals surface area (Å²) in [6.45, 7) is 0. The van der Waals surface area contributed by atoms with Crippen molar-refractivity contribution >= 4 is 21.9 Å². The van der Waals surface area contributed by atoms with E-state index in [2.05, 4.69) is 15.9 Å². The second-order valence-electron chi connectivity index (χ2n) is 2.47. The first-order valence-corrected chi connectivity index (χ1v) is 4.57. The van der Waals surface area contributed by atoms with E-state index < -0.39 is 10.8 Å². The zero-order chi connectivity index (χ0) is 9.84. The number of methoxy groups -OCH3 is 1. The minimum Gasteiger partial charge on any atom is -0.497 e. The molecule has 0 aliphatic rings. The Labute approximate surface area is 84.5 Å². The number of rotatable bonds is 3. The molecule has 0 spiro atoms. The number of alkyl halides is 1. The molecule has 0 bridgehead atoms. The Bertz CT molecular complexity index is 294. The molecule has 4 heteroatoms. The molecular weight excluding hydrogens is 236 g/mol. The van der Waals surface area contributed by atoms with Crippen molar-refractivity contribution < 1.29 is 14.6 Å². The monoisotopic (exact) mass is 244 g/mol. The van der Waals surface area contributed by atoms with E-state index in [0.717, 1.165) is 0 Å². The lowest BCUT2D eigenvalue weighted by molar-refractivity contribution is -0.136. The van der Waals surface area contributed by atoms with Gasteiger partial charge < -0.3 is 9.84 Å². The highest BCUT2D eigenvalue weighted by atomic mass is 79.9. The third kappa shape index (κ3) is 2.45. The van der Waals surface area contributed by atoms with Crippen molar-refractivity contribution in [1.29, 1.82) is 0 Å². The summed E-state index contributed by atoms with van der Waals surface area (Å²) < 4.78 is 4.95. The number of carboxylic acid groups (broad SMARTS) is 1. The van der Waals surface area contributed by atoms with Crippen LogP contribution in [0.3, 0.4) is 0 Å². The summed E-state index contributed by atoms with van der Waals surface area (Å²) in [6.07, 6.45) is 0. The molecule has 13 heavy (non-hydrogen) atoms. The predicted octanol–water partition coefficient (Wildman–Crippen LogP) is 2.22. The molecule has 1 aromatic rings. The minimum absolute atomic E-state index is 0.654. The van der Waals surface area contributed by atoms with Crippen LogP contribution in [0.25, 0.3) is 0 Å². The molecule has 0 heterocycles. The number of ether oxygens (including phenoxy) is 1. The molecule has 1 rings (SSSR count). The number of halogens is 1. The van der Waals surface area contributed by atoms with Gasteiger partial charge >= 0.3 is 5.97 Å². The number of aliphatic carboxylic acids is 1. The standard InChI is InChI=1S/C9H9BrO3/c1-13-7-4-2-6(3-5-7)8(10)9(11)12/h2-5,8H,1H3,(H,11,12)/t8-/m1/s1. The SMILES string of the molecule is COc1ccc([C@@H](Br)C(=O)O)cc1. The predicted molar refractivity (Wildman–Crippen MR) is 52.3 cm³/mol. The zero-order valence-corrected chi connectivity index (χ0v) is 8.61. The maximum Gasteiger partial charge on any atom is 0.321 e. The van der Waals surface area contributed by atoms with Gasteiger partial charge in [-0.05, 0) is 17.7 Å². The Kier molecular flexibility index (Phi) is 3.31. The Morgan fingerprint density at radius 1 is 1.46 bits per heavy atom. The molecule has 3 nitrogen and oxygen atoms in total. The first kappa shape index (κ1) is 10.1. The molecule has 0 fully saturated rings. The van der Waals surface area contributed by atoms with Gasteiger partial charge in [-0.15, -0.1) is 0 Å². The van der Waals surface area contributed by atoms with Crippen molar-refractivity contribution in [2.24, 2.45) is 0 Å². The van der Waals surface area contributed by atoms with Gasteiger partial charge in [-0.1, -0.05) is 28.1 Å². The number of hydrogen-bond donors (Lipinski definition) is 1. The van der Waals surface area contributed by atoms with Gasteiger partial charge in [0.15, 0.2) is 0 Å². The highest BCUT2D eigenvalue weighted by Gasteiger charge is 2.14. The number of carbonyl (C=O) groups is 1. The highest BCUT2D eigenvalue weighted by Crippen LogP contribution is 2.24. The van der Waals surface area contributed by atoms with Gasteiger partial charge in [0.2, 0.25) is 0 Å². The fourth-order valence-corrected chi connectivity index (χ4v) is 1.22. The summed E-state index contributed by atoms with van der Waals surface area (Å²) in [6, 6.07) is 6.89. The van der Waals surface area contributed by atoms with Crippen molar-refractivity contribution in [3.8, 4) is 5.75 Å². The van der Waals surface area contributed by atoms with E-state index in [9.17, 15) is 4.79 Å². The second kappa shape index (κ2) is 4.28. The Morgan fingerprint density at radius 3 is 2.38 bits per heavy atom. The molecule has 0 saturated heterocycles. The molecule has 0 radical (unpaired) electrons. The molecule has 1 aromatic carbocycles. The first-order chi connectivity index (χ1) is 6.15. The van der Waals surface area contributed by atoms with Crippen LogP contribution in [-0.2, 0) is 4.79 Å². The van der Waals surface area contributed by atoms with Crippen LogP contribution in [-0.4, -0.2) is 18.2 Å². The molecule has 1 atom stereocenters. The second-order valence-corrected chi connectivity index (χ2v) is 3.39. The van der Waals surface area contributed by atoms with Crippen LogP contribution in [0.2, 0.25) is 0 Å². The lowest BCUT2D eigenvalue weighted by atomic mass is 10.1. The molecule has 0 amide bonds. The maximum absolute atomic E-state index is 10.6. The third-order valence-electron chi connectivity index (χ3n) is 1.63. The van der Waals surface area contributed by atoms with Crippen LogP contribution >= 0.6 is 15.9 Å². The summed E-state index contributed by atoms with van der Waals surface area (Å²) in [5, 5.41) is 8.68. The summed E-state index contributed by atoms with van der Waals surface area (Å²) in [4.78, 5) is 9.92. The smallest absolute Gasteiger partial charge is 0.321 e. The Morgan fingerprint density at radius 2 is 2.00 bits per heavy atom. The Hall–Kier alpha value is -1.03. The number of carboxylic acids is 1. The van der Waals surface area contributed by atoms with Crippen LogP contribution < -0.4 is 4.74 Å². The van der Waals surface area contributed by atoms with Crippen molar-refractivity contribution in [3.63, 3.8) is 0 Å². The van der Waals surface area contributed by atoms with Gasteiger partial charge in [-0.3, -0.25) is 4.79 Å². The van der Waals surface area contributed by atoms with Gasteiger partial charge in [0.05, 0.1) is 7.11 Å². The van der Waals surface area contributed by atoms with Crippen molar-refractivity contribution in [2.75, 3.05) is 7.11 Å². The largest absolute Gasteiger partial charge is 0.497 e. The highest BCUT2D eigenvalue weighted by molar-refractivity contribution is 9.09. The lowest BCUT2D eigenvalue weighted by Crippen LogP contribution is -2.03. The minimum atomic E-state index is -0.898. The molecule has 1 N–H and O–H groups in total. The fourth-order valence-electron chi connectivity index (χ4n) is 0.915. The van der Waals surface area contributed by atoms with E-state index in [4.69, 9.17) is 9.84 Å². The van der Waals surface area contributed by atoms with Crippen molar-refractivity contribution in [2.45, 2.75) is 4.83 Å². The summed E-state index contributed by atoms with van der Waals surface area (Å²) in [5.74, 6) is -0.181. The quantitative estimate of drug-likeness (QED) is 0.830. The van der Waals surface area contributed by atoms with Crippen molar-refractivity contribution in [3.05, 3.63) is 29.8 Å². The van der Waals surface area contributed by atoms with Crippen LogP contribution in [0.4, 0.5) is 0 Å². The van der Waals surface area contributed by atoms with E-state index in [1.807, 2.05) is 0 Å². The molecule has 0 aliphatic heterocycles. The summed E-state index contributed by atoms with van der Waals surface area (Å²) in [5.41, 5.74) is 0.702. The van der Waals surface area contributed by atoms with Gasteiger partial charge in [-0.25, -0.2) is 0 Å². The zero-order valence-electron chi connectivity index (χ0n) is 7.03. The molecule has 0 aliphatic carbocycles. The van der Waals surface area contributed by atoms with Crippen LogP contribution in [0.15, 0.2) is 24.3 Å². The van der Waals surface area contributed by atoms with Gasteiger partial charge in [0.25, 0.3) is 0 Å². The van der Waals surface area contributed by atoms with Gasteiger partial charge in [0.1, 0.15) is 10.6 Å². The average Bonchev–Trinajstić information content (AvgIpc) is 2.17. The normalized spacial score (nSPS) is 12.2. The lowest BCUT2D eigenvalue weighted by Gasteiger charge is -2.05. The number of hydrogen-bond acceptors (Lipinski definition) is 2. The number of benzene rings is 1. The molecule has 70 valence electrons. The molecular formula is C9H9BrO3. The first-order valence-electron chi connectivity index (χ1n) is 3.66. The Balaban J connectivity index is 2.85. The van der Waals surface area contributed by atoms with Crippen LogP contribution in [0, 0.1) is 0 Å². The fraction of sp³-hybridized carbons (Fsp3) is 0.222. The van der Waals surface area contributed by atoms with E-state index in [1.165, 1.54) is 0 Å². The van der Waals surface area contributed by atoms with Crippen LogP contribution in [0.1, 0.15) is 10.4 Å². The maximum atomic E-state index is 10.6. The van der Waals surface area contributed by atoms with E-state index in [-0.39, 0.29) is 0 Å². The van der Waals surface area contributed by atoms with Gasteiger partial charge in [-0.2, -0.15) is 0 Å². The molecule has 0 aromatic heterocycles. The summed E-state index contributed by atoms with van der Waals surface area (Å²) in [7, 11) is 1.57. The molecule has 0 saturated carbocycles. The van der Waals surface area contributed by atoms with E-state index in [1.54, 1.807) is 31.4 Å². The van der Waals surface area contributed by atoms with Crippen LogP contribution in [0.5, 0.6) is 5.75 Å². The van der Waals surface area contributed by atoms with E-state index in [0.29, 0.717) is 11.3 Å². The van der Waals surface area contributed by atoms with Crippen molar-refractivity contribution in [1.82, 2.24) is 0 Å². The molecule has 0 unspecified atom stereocenters. The summed E-state index contributed by atoms with van der Waals surface area (Å²) >= 11 is 3.06.